The van der Waals surface area contributed by atoms with Gasteiger partial charge in [0.25, 0.3) is 5.91 Å². The second-order valence-corrected chi connectivity index (χ2v) is 9.42. The summed E-state index contributed by atoms with van der Waals surface area (Å²) in [7, 11) is 1.82. The number of nitrogens with zero attached hydrogens (tertiary/aromatic N) is 3. The molecule has 0 bridgehead atoms. The molecule has 0 aliphatic carbocycles. The summed E-state index contributed by atoms with van der Waals surface area (Å²) in [6.07, 6.45) is 1.74. The SMILES string of the molecule is CNc1cc(-c2cc3cc(C(=O)N[C@@H](CN(c4ccccc4)c4ccccc4)c4n[nH]c(=O)o4)ccc3[nH]2)ccn1. The Morgan fingerprint density at radius 1 is 0.951 bits per heavy atom. The Hall–Kier alpha value is -5.64. The Bertz CT molecular complexity index is 1800. The Labute approximate surface area is 235 Å². The normalized spacial score (nSPS) is 11.7. The summed E-state index contributed by atoms with van der Waals surface area (Å²) < 4.78 is 5.32. The summed E-state index contributed by atoms with van der Waals surface area (Å²) in [5.74, 6) is -0.169. The number of H-pyrrole nitrogens is 2. The number of pyridine rings is 1. The van der Waals surface area contributed by atoms with Gasteiger partial charge in [-0.25, -0.2) is 14.9 Å². The van der Waals surface area contributed by atoms with Gasteiger partial charge in [-0.2, -0.15) is 0 Å². The zero-order valence-electron chi connectivity index (χ0n) is 22.2. The first-order chi connectivity index (χ1) is 20.1. The van der Waals surface area contributed by atoms with Gasteiger partial charge >= 0.3 is 5.76 Å². The zero-order chi connectivity index (χ0) is 28.2. The third-order valence-electron chi connectivity index (χ3n) is 6.77. The summed E-state index contributed by atoms with van der Waals surface area (Å²) in [5, 5.41) is 13.3. The van der Waals surface area contributed by atoms with Crippen molar-refractivity contribution in [1.29, 1.82) is 0 Å². The quantitative estimate of drug-likeness (QED) is 0.195. The summed E-state index contributed by atoms with van der Waals surface area (Å²) in [4.78, 5) is 35.2. The minimum absolute atomic E-state index is 0.0863. The number of amides is 1. The van der Waals surface area contributed by atoms with Crippen molar-refractivity contribution in [3.63, 3.8) is 0 Å². The number of benzene rings is 3. The van der Waals surface area contributed by atoms with E-state index in [2.05, 4.69) is 30.8 Å². The van der Waals surface area contributed by atoms with Crippen LogP contribution in [0.25, 0.3) is 22.2 Å². The van der Waals surface area contributed by atoms with Gasteiger partial charge in [0.15, 0.2) is 0 Å². The number of carbonyl (C=O) groups excluding carboxylic acids is 1. The van der Waals surface area contributed by atoms with Gasteiger partial charge in [0, 0.05) is 52.3 Å². The maximum Gasteiger partial charge on any atom is 0.434 e. The average molecular weight is 546 g/mol. The molecule has 4 N–H and O–H groups in total. The fourth-order valence-corrected chi connectivity index (χ4v) is 4.74. The van der Waals surface area contributed by atoms with Crippen molar-refractivity contribution in [2.24, 2.45) is 0 Å². The lowest BCUT2D eigenvalue weighted by Gasteiger charge is -2.28. The number of aromatic amines is 2. The van der Waals surface area contributed by atoms with Crippen LogP contribution in [0.5, 0.6) is 0 Å². The molecule has 3 heterocycles. The Morgan fingerprint density at radius 2 is 1.68 bits per heavy atom. The number of fused-ring (bicyclic) bond motifs is 1. The van der Waals surface area contributed by atoms with Gasteiger partial charge in [-0.1, -0.05) is 36.4 Å². The maximum absolute atomic E-state index is 13.6. The van der Waals surface area contributed by atoms with Crippen molar-refractivity contribution in [3.05, 3.63) is 125 Å². The van der Waals surface area contributed by atoms with Gasteiger partial charge in [-0.05, 0) is 60.7 Å². The van der Waals surface area contributed by atoms with Gasteiger partial charge < -0.3 is 24.9 Å². The van der Waals surface area contributed by atoms with Gasteiger partial charge in [0.05, 0.1) is 6.54 Å². The molecule has 6 rings (SSSR count). The van der Waals surface area contributed by atoms with Gasteiger partial charge in [-0.15, -0.1) is 5.10 Å². The molecule has 41 heavy (non-hydrogen) atoms. The highest BCUT2D eigenvalue weighted by Gasteiger charge is 2.25. The minimum Gasteiger partial charge on any atom is -0.390 e. The molecule has 1 atom stereocenters. The van der Waals surface area contributed by atoms with E-state index in [1.54, 1.807) is 12.3 Å². The molecule has 0 radical (unpaired) electrons. The van der Waals surface area contributed by atoms with Crippen LogP contribution in [0.2, 0.25) is 0 Å². The van der Waals surface area contributed by atoms with Crippen LogP contribution in [0.1, 0.15) is 22.3 Å². The molecule has 10 heteroatoms. The molecule has 3 aromatic carbocycles. The first kappa shape index (κ1) is 25.6. The molecule has 6 aromatic rings. The Morgan fingerprint density at radius 3 is 2.34 bits per heavy atom. The largest absolute Gasteiger partial charge is 0.434 e. The van der Waals surface area contributed by atoms with Crippen LogP contribution < -0.4 is 21.3 Å². The van der Waals surface area contributed by atoms with Crippen LogP contribution in [-0.2, 0) is 0 Å². The lowest BCUT2D eigenvalue weighted by Crippen LogP contribution is -2.36. The molecule has 0 aliphatic rings. The summed E-state index contributed by atoms with van der Waals surface area (Å²) in [5.41, 5.74) is 5.07. The zero-order valence-corrected chi connectivity index (χ0v) is 22.2. The molecular formula is C31H27N7O3. The maximum atomic E-state index is 13.6. The van der Waals surface area contributed by atoms with E-state index >= 15 is 0 Å². The lowest BCUT2D eigenvalue weighted by atomic mass is 10.1. The number of anilines is 3. The van der Waals surface area contributed by atoms with Crippen molar-refractivity contribution in [2.45, 2.75) is 6.04 Å². The highest BCUT2D eigenvalue weighted by molar-refractivity contribution is 5.99. The molecular weight excluding hydrogens is 518 g/mol. The van der Waals surface area contributed by atoms with Crippen LogP contribution >= 0.6 is 0 Å². The lowest BCUT2D eigenvalue weighted by molar-refractivity contribution is 0.0931. The van der Waals surface area contributed by atoms with E-state index in [9.17, 15) is 9.59 Å². The number of hydrogen-bond donors (Lipinski definition) is 4. The van der Waals surface area contributed by atoms with Gasteiger partial charge in [-0.3, -0.25) is 4.79 Å². The van der Waals surface area contributed by atoms with Crippen molar-refractivity contribution in [2.75, 3.05) is 23.8 Å². The molecule has 0 fully saturated rings. The molecule has 0 unspecified atom stereocenters. The summed E-state index contributed by atoms with van der Waals surface area (Å²) in [6.45, 7) is 0.264. The first-order valence-corrected chi connectivity index (χ1v) is 13.1. The number of rotatable bonds is 9. The van der Waals surface area contributed by atoms with E-state index in [0.717, 1.165) is 39.4 Å². The topological polar surface area (TPSA) is 132 Å². The van der Waals surface area contributed by atoms with Crippen LogP contribution in [0.3, 0.4) is 0 Å². The molecule has 204 valence electrons. The molecule has 0 saturated carbocycles. The van der Waals surface area contributed by atoms with E-state index in [1.165, 1.54) is 0 Å². The number of aromatic nitrogens is 4. The number of para-hydroxylation sites is 2. The fourth-order valence-electron chi connectivity index (χ4n) is 4.74. The highest BCUT2D eigenvalue weighted by atomic mass is 16.4. The van der Waals surface area contributed by atoms with Crippen molar-refractivity contribution >= 4 is 34.0 Å². The fraction of sp³-hybridized carbons (Fsp3) is 0.0968. The monoisotopic (exact) mass is 545 g/mol. The Balaban J connectivity index is 1.30. The van der Waals surface area contributed by atoms with Crippen molar-refractivity contribution < 1.29 is 9.21 Å². The van der Waals surface area contributed by atoms with Gasteiger partial charge in [0.1, 0.15) is 11.9 Å². The summed E-state index contributed by atoms with van der Waals surface area (Å²) in [6, 6.07) is 30.2. The van der Waals surface area contributed by atoms with E-state index in [0.29, 0.717) is 5.56 Å². The van der Waals surface area contributed by atoms with E-state index in [-0.39, 0.29) is 18.3 Å². The van der Waals surface area contributed by atoms with E-state index < -0.39 is 11.8 Å². The third kappa shape index (κ3) is 5.57. The van der Waals surface area contributed by atoms with Gasteiger partial charge in [0.2, 0.25) is 5.89 Å². The van der Waals surface area contributed by atoms with Crippen LogP contribution in [0.15, 0.2) is 112 Å². The number of nitrogens with one attached hydrogen (secondary N) is 4. The molecule has 3 aromatic heterocycles. The second kappa shape index (κ2) is 11.2. The van der Waals surface area contributed by atoms with E-state index in [4.69, 9.17) is 4.42 Å². The van der Waals surface area contributed by atoms with E-state index in [1.807, 2.05) is 103 Å². The smallest absolute Gasteiger partial charge is 0.390 e. The molecule has 0 spiro atoms. The minimum atomic E-state index is -0.740. The number of carbonyl (C=O) groups is 1. The number of hydrogen-bond acceptors (Lipinski definition) is 7. The van der Waals surface area contributed by atoms with Crippen molar-refractivity contribution in [3.8, 4) is 11.3 Å². The Kier molecular flexibility index (Phi) is 7.02. The second-order valence-electron chi connectivity index (χ2n) is 9.42. The third-order valence-corrected chi connectivity index (χ3v) is 6.77. The van der Waals surface area contributed by atoms with Crippen LogP contribution in [-0.4, -0.2) is 39.7 Å². The van der Waals surface area contributed by atoms with Crippen LogP contribution in [0, 0.1) is 0 Å². The van der Waals surface area contributed by atoms with Crippen LogP contribution in [0.4, 0.5) is 17.2 Å². The van der Waals surface area contributed by atoms with Crippen molar-refractivity contribution in [1.82, 2.24) is 25.5 Å². The average Bonchev–Trinajstić information content (AvgIpc) is 3.66. The molecule has 0 aliphatic heterocycles. The predicted octanol–water partition coefficient (Wildman–Crippen LogP) is 5.26. The molecule has 10 nitrogen and oxygen atoms in total. The summed E-state index contributed by atoms with van der Waals surface area (Å²) >= 11 is 0. The highest BCUT2D eigenvalue weighted by Crippen LogP contribution is 2.29. The standard InChI is InChI=1S/C31H27N7O3/c1-32-28-18-20(14-15-33-28)26-17-22-16-21(12-13-25(22)34-26)29(39)35-27(30-36-37-31(40)41-30)19-38(23-8-4-2-5-9-23)24-10-6-3-7-11-24/h2-18,27,34H,19H2,1H3,(H,32,33)(H,35,39)(H,37,40)/t27-/m0/s1. The molecule has 0 saturated heterocycles. The first-order valence-electron chi connectivity index (χ1n) is 13.1. The predicted molar refractivity (Wildman–Crippen MR) is 158 cm³/mol. The molecule has 1 amide bonds.